The molecule has 0 aliphatic carbocycles. The van der Waals surface area contributed by atoms with Crippen molar-refractivity contribution in [1.29, 1.82) is 0 Å². The first-order valence-corrected chi connectivity index (χ1v) is 5.41. The molecule has 0 heterocycles. The lowest BCUT2D eigenvalue weighted by molar-refractivity contribution is -0.137. The fourth-order valence-corrected chi connectivity index (χ4v) is 1.67. The maximum atomic E-state index is 14.0. The van der Waals surface area contributed by atoms with Crippen molar-refractivity contribution >= 4 is 5.97 Å². The maximum absolute atomic E-state index is 14.0. The predicted octanol–water partition coefficient (Wildman–Crippen LogP) is 1.71. The Kier molecular flexibility index (Phi) is 4.49. The third-order valence-corrected chi connectivity index (χ3v) is 2.69. The van der Waals surface area contributed by atoms with Gasteiger partial charge in [-0.2, -0.15) is 0 Å². The number of methoxy groups -OCH3 is 1. The van der Waals surface area contributed by atoms with Crippen molar-refractivity contribution in [3.05, 3.63) is 23.0 Å². The first-order chi connectivity index (χ1) is 8.38. The van der Waals surface area contributed by atoms with Crippen LogP contribution in [0.25, 0.3) is 0 Å². The lowest BCUT2D eigenvalue weighted by Gasteiger charge is -2.16. The normalized spacial score (nSPS) is 12.2. The van der Waals surface area contributed by atoms with Gasteiger partial charge in [-0.1, -0.05) is 0 Å². The molecule has 0 spiro atoms. The number of carboxylic acid groups (broad SMARTS) is 1. The van der Waals surface area contributed by atoms with Crippen LogP contribution in [0.4, 0.5) is 4.39 Å². The molecule has 0 saturated heterocycles. The fourth-order valence-electron chi connectivity index (χ4n) is 1.67. The number of aryl methyl sites for hydroxylation is 1. The van der Waals surface area contributed by atoms with Crippen LogP contribution in [-0.4, -0.2) is 23.3 Å². The Morgan fingerprint density at radius 1 is 1.61 bits per heavy atom. The smallest absolute Gasteiger partial charge is 0.303 e. The first-order valence-electron chi connectivity index (χ1n) is 5.41. The van der Waals surface area contributed by atoms with Gasteiger partial charge >= 0.3 is 5.97 Å². The predicted molar refractivity (Wildman–Crippen MR) is 63.2 cm³/mol. The Bertz CT molecular complexity index is 462. The van der Waals surface area contributed by atoms with E-state index in [0.29, 0.717) is 5.56 Å². The molecule has 5 nitrogen and oxygen atoms in total. The average molecular weight is 257 g/mol. The molecule has 0 radical (unpaired) electrons. The zero-order chi connectivity index (χ0) is 13.9. The second kappa shape index (κ2) is 5.68. The van der Waals surface area contributed by atoms with E-state index in [4.69, 9.17) is 15.6 Å². The summed E-state index contributed by atoms with van der Waals surface area (Å²) in [6.07, 6.45) is -0.0392. The van der Waals surface area contributed by atoms with E-state index in [0.717, 1.165) is 0 Å². The largest absolute Gasteiger partial charge is 0.504 e. The van der Waals surface area contributed by atoms with Crippen molar-refractivity contribution in [2.45, 2.75) is 25.8 Å². The van der Waals surface area contributed by atoms with Crippen molar-refractivity contribution in [2.75, 3.05) is 7.11 Å². The zero-order valence-electron chi connectivity index (χ0n) is 10.2. The summed E-state index contributed by atoms with van der Waals surface area (Å²) in [6.45, 7) is 1.59. The van der Waals surface area contributed by atoms with Gasteiger partial charge in [-0.15, -0.1) is 0 Å². The summed E-state index contributed by atoms with van der Waals surface area (Å²) in [7, 11) is 1.24. The van der Waals surface area contributed by atoms with Gasteiger partial charge in [-0.3, -0.25) is 4.79 Å². The molecule has 4 N–H and O–H groups in total. The highest BCUT2D eigenvalue weighted by Crippen LogP contribution is 2.37. The monoisotopic (exact) mass is 257 g/mol. The number of ether oxygens (including phenoxy) is 1. The maximum Gasteiger partial charge on any atom is 0.303 e. The molecule has 6 heteroatoms. The summed E-state index contributed by atoms with van der Waals surface area (Å²) in [6, 6.07) is 0.647. The number of hydrogen-bond donors (Lipinski definition) is 3. The summed E-state index contributed by atoms with van der Waals surface area (Å²) in [5.74, 6) is -2.29. The molecule has 1 aromatic carbocycles. The van der Waals surface area contributed by atoms with E-state index in [2.05, 4.69) is 0 Å². The molecule has 0 fully saturated rings. The third kappa shape index (κ3) is 2.89. The Labute approximate surface area is 104 Å². The van der Waals surface area contributed by atoms with Gasteiger partial charge < -0.3 is 20.7 Å². The number of nitrogens with two attached hydrogens (primary N) is 1. The lowest BCUT2D eigenvalue weighted by atomic mass is 9.99. The molecular formula is C12H16FNO4. The molecule has 0 aliphatic heterocycles. The number of phenols is 1. The van der Waals surface area contributed by atoms with Crippen molar-refractivity contribution in [3.63, 3.8) is 0 Å². The average Bonchev–Trinajstić information content (AvgIpc) is 2.31. The Balaban J connectivity index is 3.09. The number of carboxylic acids is 1. The van der Waals surface area contributed by atoms with E-state index in [1.807, 2.05) is 0 Å². The Morgan fingerprint density at radius 3 is 2.72 bits per heavy atom. The van der Waals surface area contributed by atoms with Gasteiger partial charge in [0.1, 0.15) is 0 Å². The molecule has 0 saturated carbocycles. The molecule has 100 valence electrons. The number of aliphatic carboxylic acids is 1. The van der Waals surface area contributed by atoms with E-state index in [1.54, 1.807) is 6.92 Å². The molecule has 0 bridgehead atoms. The molecule has 1 unspecified atom stereocenters. The van der Waals surface area contributed by atoms with Crippen LogP contribution in [0.15, 0.2) is 6.07 Å². The molecule has 18 heavy (non-hydrogen) atoms. The van der Waals surface area contributed by atoms with Crippen molar-refractivity contribution in [1.82, 2.24) is 0 Å². The molecule has 0 amide bonds. The van der Waals surface area contributed by atoms with Gasteiger partial charge in [0, 0.05) is 18.0 Å². The highest BCUT2D eigenvalue weighted by molar-refractivity contribution is 5.66. The SMILES string of the molecule is COc1c(O)c(C)cc(C(N)CCC(=O)O)c1F. The Morgan fingerprint density at radius 2 is 2.22 bits per heavy atom. The molecule has 1 rings (SSSR count). The van der Waals surface area contributed by atoms with E-state index in [9.17, 15) is 14.3 Å². The van der Waals surface area contributed by atoms with Crippen LogP contribution in [0.3, 0.4) is 0 Å². The third-order valence-electron chi connectivity index (χ3n) is 2.69. The Hall–Kier alpha value is -1.82. The van der Waals surface area contributed by atoms with Crippen molar-refractivity contribution < 1.29 is 24.1 Å². The van der Waals surface area contributed by atoms with Crippen LogP contribution in [0.2, 0.25) is 0 Å². The summed E-state index contributed by atoms with van der Waals surface area (Å²) < 4.78 is 18.8. The number of aromatic hydroxyl groups is 1. The quantitative estimate of drug-likeness (QED) is 0.746. The highest BCUT2D eigenvalue weighted by atomic mass is 19.1. The number of rotatable bonds is 5. The summed E-state index contributed by atoms with van der Waals surface area (Å²) in [4.78, 5) is 10.5. The topological polar surface area (TPSA) is 92.8 Å². The van der Waals surface area contributed by atoms with Gasteiger partial charge in [-0.05, 0) is 25.0 Å². The van der Waals surface area contributed by atoms with Crippen molar-refractivity contribution in [3.8, 4) is 11.5 Å². The molecule has 0 aliphatic rings. The standard InChI is InChI=1S/C12H16FNO4/c1-6-5-7(8(14)3-4-9(15)16)10(13)12(18-2)11(6)17/h5,8,17H,3-4,14H2,1-2H3,(H,15,16). The highest BCUT2D eigenvalue weighted by Gasteiger charge is 2.21. The van der Waals surface area contributed by atoms with Crippen molar-refractivity contribution in [2.24, 2.45) is 5.73 Å². The fraction of sp³-hybridized carbons (Fsp3) is 0.417. The summed E-state index contributed by atoms with van der Waals surface area (Å²) in [5, 5.41) is 18.2. The van der Waals surface area contributed by atoms with Gasteiger partial charge in [0.2, 0.25) is 0 Å². The second-order valence-corrected chi connectivity index (χ2v) is 4.02. The van der Waals surface area contributed by atoms with Gasteiger partial charge in [-0.25, -0.2) is 4.39 Å². The van der Waals surface area contributed by atoms with Gasteiger partial charge in [0.15, 0.2) is 17.3 Å². The van der Waals surface area contributed by atoms with Crippen LogP contribution in [-0.2, 0) is 4.79 Å². The second-order valence-electron chi connectivity index (χ2n) is 4.02. The van der Waals surface area contributed by atoms with Crippen LogP contribution < -0.4 is 10.5 Å². The van der Waals surface area contributed by atoms with Crippen LogP contribution >= 0.6 is 0 Å². The van der Waals surface area contributed by atoms with Gasteiger partial charge in [0.25, 0.3) is 0 Å². The first kappa shape index (κ1) is 14.2. The minimum absolute atomic E-state index is 0.111. The lowest BCUT2D eigenvalue weighted by Crippen LogP contribution is -2.14. The molecular weight excluding hydrogens is 241 g/mol. The van der Waals surface area contributed by atoms with Crippen LogP contribution in [0.1, 0.15) is 30.0 Å². The van der Waals surface area contributed by atoms with E-state index < -0.39 is 17.8 Å². The minimum atomic E-state index is -0.992. The summed E-state index contributed by atoms with van der Waals surface area (Å²) >= 11 is 0. The van der Waals surface area contributed by atoms with Crippen LogP contribution in [0.5, 0.6) is 11.5 Å². The number of halogens is 1. The summed E-state index contributed by atoms with van der Waals surface area (Å²) in [5.41, 5.74) is 6.31. The van der Waals surface area contributed by atoms with E-state index >= 15 is 0 Å². The van der Waals surface area contributed by atoms with Crippen LogP contribution in [0, 0.1) is 12.7 Å². The number of hydrogen-bond acceptors (Lipinski definition) is 4. The van der Waals surface area contributed by atoms with E-state index in [1.165, 1.54) is 13.2 Å². The molecule has 1 aromatic rings. The van der Waals surface area contributed by atoms with Gasteiger partial charge in [0.05, 0.1) is 7.11 Å². The number of benzene rings is 1. The molecule has 0 aromatic heterocycles. The zero-order valence-corrected chi connectivity index (χ0v) is 10.2. The number of phenolic OH excluding ortho intramolecular Hbond substituents is 1. The minimum Gasteiger partial charge on any atom is -0.504 e. The van der Waals surface area contributed by atoms with E-state index in [-0.39, 0.29) is 29.9 Å². The number of carbonyl (C=O) groups is 1. The molecule has 1 atom stereocenters.